The third kappa shape index (κ3) is 3.36. The molecule has 0 amide bonds. The number of alkyl halides is 3. The molecule has 2 nitrogen and oxygen atoms in total. The predicted molar refractivity (Wildman–Crippen MR) is 24.8 cm³/mol. The summed E-state index contributed by atoms with van der Waals surface area (Å²) in [7, 11) is 0. The molecule has 0 aromatic carbocycles. The summed E-state index contributed by atoms with van der Waals surface area (Å²) >= 11 is -3.06. The Hall–Kier alpha value is -0.230. The molecule has 0 saturated heterocycles. The van der Waals surface area contributed by atoms with Crippen molar-refractivity contribution in [3.05, 3.63) is 0 Å². The SMILES string of the molecule is O=[C]C[S+]([O-])C(F)(F)F. The Bertz CT molecular complexity index is 102. The van der Waals surface area contributed by atoms with Crippen molar-refractivity contribution < 1.29 is 22.5 Å². The van der Waals surface area contributed by atoms with Gasteiger partial charge < -0.3 is 4.55 Å². The van der Waals surface area contributed by atoms with Gasteiger partial charge >= 0.3 is 5.51 Å². The van der Waals surface area contributed by atoms with E-state index in [-0.39, 0.29) is 0 Å². The first-order valence-corrected chi connectivity index (χ1v) is 3.10. The van der Waals surface area contributed by atoms with Gasteiger partial charge in [0.05, 0.1) is 11.2 Å². The Labute approximate surface area is 52.2 Å². The van der Waals surface area contributed by atoms with Crippen LogP contribution in [-0.4, -0.2) is 22.1 Å². The second-order valence-corrected chi connectivity index (χ2v) is 2.52. The van der Waals surface area contributed by atoms with Gasteiger partial charge in [-0.3, -0.25) is 4.79 Å². The minimum absolute atomic E-state index is 0.904. The van der Waals surface area contributed by atoms with Crippen molar-refractivity contribution in [2.45, 2.75) is 5.51 Å². The second kappa shape index (κ2) is 3.07. The third-order valence-corrected chi connectivity index (χ3v) is 1.34. The van der Waals surface area contributed by atoms with E-state index in [2.05, 4.69) is 0 Å². The number of hydrogen-bond donors (Lipinski definition) is 0. The summed E-state index contributed by atoms with van der Waals surface area (Å²) in [6, 6.07) is 0. The van der Waals surface area contributed by atoms with Crippen LogP contribution in [0.2, 0.25) is 0 Å². The fraction of sp³-hybridized carbons (Fsp3) is 0.667. The lowest BCUT2D eigenvalue weighted by molar-refractivity contribution is -0.0431. The number of halogens is 3. The summed E-state index contributed by atoms with van der Waals surface area (Å²) in [6.07, 6.45) is 0.904. The Kier molecular flexibility index (Phi) is 2.99. The van der Waals surface area contributed by atoms with Gasteiger partial charge in [-0.05, 0) is 0 Å². The summed E-state index contributed by atoms with van der Waals surface area (Å²) in [4.78, 5) is 9.24. The van der Waals surface area contributed by atoms with Gasteiger partial charge in [-0.1, -0.05) is 0 Å². The van der Waals surface area contributed by atoms with Crippen molar-refractivity contribution >= 4 is 17.5 Å². The van der Waals surface area contributed by atoms with E-state index in [1.54, 1.807) is 0 Å². The lowest BCUT2D eigenvalue weighted by atomic mass is 10.9. The van der Waals surface area contributed by atoms with E-state index in [0.29, 0.717) is 0 Å². The van der Waals surface area contributed by atoms with Gasteiger partial charge in [0.25, 0.3) is 6.29 Å². The first-order chi connectivity index (χ1) is 3.98. The highest BCUT2D eigenvalue weighted by molar-refractivity contribution is 7.92. The van der Waals surface area contributed by atoms with Crippen LogP contribution in [0.5, 0.6) is 0 Å². The summed E-state index contributed by atoms with van der Waals surface area (Å²) < 4.78 is 43.3. The molecule has 0 aliphatic carbocycles. The molecule has 0 aliphatic rings. The molecule has 0 bridgehead atoms. The van der Waals surface area contributed by atoms with Gasteiger partial charge in [0, 0.05) is 0 Å². The van der Waals surface area contributed by atoms with Crippen LogP contribution in [0.3, 0.4) is 0 Å². The Balaban J connectivity index is 3.72. The average Bonchev–Trinajstić information content (AvgIpc) is 1.64. The minimum atomic E-state index is -4.78. The van der Waals surface area contributed by atoms with E-state index in [0.717, 1.165) is 6.29 Å². The topological polar surface area (TPSA) is 40.1 Å². The molecule has 0 rings (SSSR count). The van der Waals surface area contributed by atoms with E-state index in [9.17, 15) is 22.5 Å². The standard InChI is InChI=1S/C3H2F3O2S/c4-3(5,6)9(8)2-1-7/h2H2. The lowest BCUT2D eigenvalue weighted by Gasteiger charge is -2.08. The molecule has 0 heterocycles. The van der Waals surface area contributed by atoms with Crippen LogP contribution in [0.1, 0.15) is 0 Å². The largest absolute Gasteiger partial charge is 0.609 e. The van der Waals surface area contributed by atoms with E-state index in [1.165, 1.54) is 0 Å². The highest BCUT2D eigenvalue weighted by Crippen LogP contribution is 2.22. The molecule has 53 valence electrons. The Morgan fingerprint density at radius 3 is 2.11 bits per heavy atom. The molecular formula is C3H2F3O2S. The predicted octanol–water partition coefficient (Wildman–Crippen LogP) is 0.365. The van der Waals surface area contributed by atoms with E-state index >= 15 is 0 Å². The first kappa shape index (κ1) is 8.77. The monoisotopic (exact) mass is 159 g/mol. The van der Waals surface area contributed by atoms with Crippen molar-refractivity contribution in [1.82, 2.24) is 0 Å². The van der Waals surface area contributed by atoms with Gasteiger partial charge in [0.2, 0.25) is 0 Å². The normalized spacial score (nSPS) is 15.1. The number of rotatable bonds is 2. The molecule has 0 aromatic heterocycles. The van der Waals surface area contributed by atoms with Crippen LogP contribution in [0.25, 0.3) is 0 Å². The van der Waals surface area contributed by atoms with Crippen LogP contribution in [0.15, 0.2) is 0 Å². The van der Waals surface area contributed by atoms with Crippen LogP contribution in [0.4, 0.5) is 13.2 Å². The summed E-state index contributed by atoms with van der Waals surface area (Å²) in [5.74, 6) is -1.09. The molecule has 0 N–H and O–H groups in total. The maximum absolute atomic E-state index is 11.2. The quantitative estimate of drug-likeness (QED) is 0.546. The maximum atomic E-state index is 11.2. The molecule has 0 aliphatic heterocycles. The maximum Gasteiger partial charge on any atom is 0.573 e. The van der Waals surface area contributed by atoms with Crippen LogP contribution in [-0.2, 0) is 16.0 Å². The average molecular weight is 159 g/mol. The molecule has 0 fully saturated rings. The fourth-order valence-corrected chi connectivity index (χ4v) is 0.406. The summed E-state index contributed by atoms with van der Waals surface area (Å²) in [6.45, 7) is 0. The van der Waals surface area contributed by atoms with E-state index in [4.69, 9.17) is 0 Å². The molecule has 1 atom stereocenters. The van der Waals surface area contributed by atoms with Crippen LogP contribution >= 0.6 is 0 Å². The minimum Gasteiger partial charge on any atom is -0.609 e. The zero-order chi connectivity index (χ0) is 7.49. The van der Waals surface area contributed by atoms with Gasteiger partial charge in [-0.25, -0.2) is 0 Å². The Morgan fingerprint density at radius 1 is 1.56 bits per heavy atom. The molecule has 9 heavy (non-hydrogen) atoms. The molecule has 1 radical (unpaired) electrons. The van der Waals surface area contributed by atoms with Crippen molar-refractivity contribution in [1.29, 1.82) is 0 Å². The molecule has 0 aromatic rings. The van der Waals surface area contributed by atoms with Crippen molar-refractivity contribution in [2.24, 2.45) is 0 Å². The lowest BCUT2D eigenvalue weighted by Crippen LogP contribution is -2.26. The number of carbonyl (C=O) groups excluding carboxylic acids is 1. The van der Waals surface area contributed by atoms with Crippen molar-refractivity contribution in [2.75, 3.05) is 5.75 Å². The van der Waals surface area contributed by atoms with Gasteiger partial charge in [0.15, 0.2) is 5.75 Å². The highest BCUT2D eigenvalue weighted by atomic mass is 32.2. The number of hydrogen-bond acceptors (Lipinski definition) is 2. The fourth-order valence-electron chi connectivity index (χ4n) is 0.135. The molecule has 0 saturated carbocycles. The first-order valence-electron chi connectivity index (χ1n) is 1.78. The molecule has 0 spiro atoms. The molecule has 6 heteroatoms. The van der Waals surface area contributed by atoms with Crippen LogP contribution < -0.4 is 0 Å². The van der Waals surface area contributed by atoms with Gasteiger partial charge in [0.1, 0.15) is 0 Å². The van der Waals surface area contributed by atoms with Gasteiger partial charge in [-0.2, -0.15) is 0 Å². The third-order valence-electron chi connectivity index (χ3n) is 0.448. The van der Waals surface area contributed by atoms with Crippen molar-refractivity contribution in [3.8, 4) is 0 Å². The molecular weight excluding hydrogens is 157 g/mol. The second-order valence-electron chi connectivity index (χ2n) is 1.08. The Morgan fingerprint density at radius 2 is 2.00 bits per heavy atom. The van der Waals surface area contributed by atoms with E-state index < -0.39 is 22.4 Å². The van der Waals surface area contributed by atoms with Gasteiger partial charge in [-0.15, -0.1) is 13.2 Å². The smallest absolute Gasteiger partial charge is 0.573 e. The highest BCUT2D eigenvalue weighted by Gasteiger charge is 2.43. The van der Waals surface area contributed by atoms with E-state index in [1.807, 2.05) is 0 Å². The van der Waals surface area contributed by atoms with Crippen LogP contribution in [0, 0.1) is 0 Å². The van der Waals surface area contributed by atoms with Crippen molar-refractivity contribution in [3.63, 3.8) is 0 Å². The zero-order valence-corrected chi connectivity index (χ0v) is 4.88. The summed E-state index contributed by atoms with van der Waals surface area (Å²) in [5, 5.41) is 0. The molecule has 1 unspecified atom stereocenters. The summed E-state index contributed by atoms with van der Waals surface area (Å²) in [5.41, 5.74) is -4.78. The zero-order valence-electron chi connectivity index (χ0n) is 4.07.